The van der Waals surface area contributed by atoms with Crippen molar-refractivity contribution in [2.45, 2.75) is 18.7 Å². The summed E-state index contributed by atoms with van der Waals surface area (Å²) in [6.07, 6.45) is 0. The standard InChI is InChI=1S/C18H16BrNO3S/c1-3-22-18(21)17-11(2)15-10-13(6-9-16(15)23-17)20-24-14-7-4-12(19)5-8-14/h4-10,20H,3H2,1-2H3. The molecule has 0 saturated carbocycles. The van der Waals surface area contributed by atoms with Gasteiger partial charge in [0.2, 0.25) is 5.76 Å². The third kappa shape index (κ3) is 3.60. The van der Waals surface area contributed by atoms with Crippen LogP contribution in [0.15, 0.2) is 56.2 Å². The summed E-state index contributed by atoms with van der Waals surface area (Å²) >= 11 is 4.95. The number of hydrogen-bond acceptors (Lipinski definition) is 5. The van der Waals surface area contributed by atoms with Crippen molar-refractivity contribution in [2.24, 2.45) is 0 Å². The van der Waals surface area contributed by atoms with E-state index < -0.39 is 5.97 Å². The highest BCUT2D eigenvalue weighted by Crippen LogP contribution is 2.30. The van der Waals surface area contributed by atoms with Crippen LogP contribution in [0.5, 0.6) is 0 Å². The van der Waals surface area contributed by atoms with Crippen LogP contribution in [0.4, 0.5) is 5.69 Å². The molecule has 1 aromatic heterocycles. The molecule has 0 amide bonds. The van der Waals surface area contributed by atoms with Crippen LogP contribution in [-0.2, 0) is 4.74 Å². The second kappa shape index (κ2) is 7.32. The smallest absolute Gasteiger partial charge is 0.374 e. The zero-order valence-electron chi connectivity index (χ0n) is 13.3. The highest BCUT2D eigenvalue weighted by molar-refractivity contribution is 9.10. The minimum Gasteiger partial charge on any atom is -0.460 e. The molecule has 0 fully saturated rings. The summed E-state index contributed by atoms with van der Waals surface area (Å²) in [6, 6.07) is 13.8. The summed E-state index contributed by atoms with van der Waals surface area (Å²) in [5.74, 6) is -0.158. The first-order valence-corrected chi connectivity index (χ1v) is 9.08. The summed E-state index contributed by atoms with van der Waals surface area (Å²) in [7, 11) is 0. The summed E-state index contributed by atoms with van der Waals surface area (Å²) < 4.78 is 15.0. The predicted molar refractivity (Wildman–Crippen MR) is 101 cm³/mol. The molecule has 2 aromatic carbocycles. The van der Waals surface area contributed by atoms with Crippen LogP contribution in [0, 0.1) is 6.92 Å². The van der Waals surface area contributed by atoms with E-state index in [0.717, 1.165) is 26.0 Å². The normalized spacial score (nSPS) is 10.8. The zero-order chi connectivity index (χ0) is 17.1. The Morgan fingerprint density at radius 3 is 2.71 bits per heavy atom. The van der Waals surface area contributed by atoms with E-state index in [1.165, 1.54) is 11.9 Å². The van der Waals surface area contributed by atoms with Crippen LogP contribution in [0.1, 0.15) is 23.0 Å². The van der Waals surface area contributed by atoms with Crippen LogP contribution in [0.2, 0.25) is 0 Å². The van der Waals surface area contributed by atoms with Gasteiger partial charge in [0.05, 0.1) is 6.61 Å². The topological polar surface area (TPSA) is 51.5 Å². The Labute approximate surface area is 152 Å². The first-order chi connectivity index (χ1) is 11.6. The molecule has 0 saturated heterocycles. The molecular formula is C18H16BrNO3S. The monoisotopic (exact) mass is 405 g/mol. The molecular weight excluding hydrogens is 390 g/mol. The molecule has 0 aliphatic heterocycles. The summed E-state index contributed by atoms with van der Waals surface area (Å²) in [4.78, 5) is 13.0. The minimum absolute atomic E-state index is 0.268. The van der Waals surface area contributed by atoms with Crippen LogP contribution < -0.4 is 4.72 Å². The zero-order valence-corrected chi connectivity index (χ0v) is 15.7. The fourth-order valence-corrected chi connectivity index (χ4v) is 3.20. The van der Waals surface area contributed by atoms with Crippen LogP contribution in [0.25, 0.3) is 11.0 Å². The summed E-state index contributed by atoms with van der Waals surface area (Å²) in [6.45, 7) is 3.97. The number of benzene rings is 2. The fourth-order valence-electron chi connectivity index (χ4n) is 2.30. The largest absolute Gasteiger partial charge is 0.460 e. The highest BCUT2D eigenvalue weighted by atomic mass is 79.9. The number of ether oxygens (including phenoxy) is 1. The van der Waals surface area contributed by atoms with E-state index >= 15 is 0 Å². The van der Waals surface area contributed by atoms with Crippen molar-refractivity contribution in [1.82, 2.24) is 0 Å². The number of furan rings is 1. The summed E-state index contributed by atoms with van der Waals surface area (Å²) in [5, 5.41) is 0.902. The van der Waals surface area contributed by atoms with Crippen molar-refractivity contribution < 1.29 is 13.9 Å². The van der Waals surface area contributed by atoms with E-state index in [-0.39, 0.29) is 5.76 Å². The third-order valence-corrected chi connectivity index (χ3v) is 4.87. The molecule has 0 atom stereocenters. The number of esters is 1. The lowest BCUT2D eigenvalue weighted by molar-refractivity contribution is 0.0491. The molecule has 3 aromatic rings. The Hall–Kier alpha value is -1.92. The first-order valence-electron chi connectivity index (χ1n) is 7.47. The number of fused-ring (bicyclic) bond motifs is 1. The van der Waals surface area contributed by atoms with E-state index in [1.54, 1.807) is 6.92 Å². The lowest BCUT2D eigenvalue weighted by atomic mass is 10.1. The molecule has 6 heteroatoms. The summed E-state index contributed by atoms with van der Waals surface area (Å²) in [5.41, 5.74) is 2.41. The van der Waals surface area contributed by atoms with Gasteiger partial charge < -0.3 is 13.9 Å². The van der Waals surface area contributed by atoms with E-state index in [1.807, 2.05) is 49.4 Å². The average molecular weight is 406 g/mol. The molecule has 1 heterocycles. The number of carbonyl (C=O) groups is 1. The third-order valence-electron chi connectivity index (χ3n) is 3.50. The molecule has 24 heavy (non-hydrogen) atoms. The van der Waals surface area contributed by atoms with Gasteiger partial charge in [-0.2, -0.15) is 0 Å². The first kappa shape index (κ1) is 16.9. The molecule has 0 aliphatic carbocycles. The second-order valence-corrected chi connectivity index (χ2v) is 6.94. The number of rotatable bonds is 5. The van der Waals surface area contributed by atoms with Crippen molar-refractivity contribution in [3.63, 3.8) is 0 Å². The van der Waals surface area contributed by atoms with Crippen molar-refractivity contribution >= 4 is 50.5 Å². The van der Waals surface area contributed by atoms with E-state index in [0.29, 0.717) is 12.2 Å². The number of nitrogens with one attached hydrogen (secondary N) is 1. The molecule has 0 unspecified atom stereocenters. The molecule has 0 radical (unpaired) electrons. The van der Waals surface area contributed by atoms with Gasteiger partial charge in [-0.15, -0.1) is 0 Å². The van der Waals surface area contributed by atoms with Crippen molar-refractivity contribution in [3.05, 3.63) is 58.3 Å². The maximum atomic E-state index is 11.9. The molecule has 0 aliphatic rings. The van der Waals surface area contributed by atoms with Gasteiger partial charge in [0.1, 0.15) is 5.58 Å². The Morgan fingerprint density at radius 2 is 2.00 bits per heavy atom. The van der Waals surface area contributed by atoms with Gasteiger partial charge in [-0.05, 0) is 68.3 Å². The SMILES string of the molecule is CCOC(=O)c1oc2ccc(NSc3ccc(Br)cc3)cc2c1C. The van der Waals surface area contributed by atoms with Crippen LogP contribution in [-0.4, -0.2) is 12.6 Å². The number of halogens is 1. The van der Waals surface area contributed by atoms with Crippen molar-refractivity contribution in [1.29, 1.82) is 0 Å². The van der Waals surface area contributed by atoms with Gasteiger partial charge in [0, 0.05) is 26.0 Å². The minimum atomic E-state index is -0.426. The van der Waals surface area contributed by atoms with E-state index in [2.05, 4.69) is 20.7 Å². The number of carbonyl (C=O) groups excluding carboxylic acids is 1. The van der Waals surface area contributed by atoms with Gasteiger partial charge in [0.15, 0.2) is 0 Å². The maximum absolute atomic E-state index is 11.9. The molecule has 0 spiro atoms. The van der Waals surface area contributed by atoms with Crippen LogP contribution in [0.3, 0.4) is 0 Å². The van der Waals surface area contributed by atoms with Gasteiger partial charge in [-0.3, -0.25) is 0 Å². The predicted octanol–water partition coefficient (Wildman–Crippen LogP) is 5.80. The quantitative estimate of drug-likeness (QED) is 0.429. The lowest BCUT2D eigenvalue weighted by Crippen LogP contribution is -2.04. The van der Waals surface area contributed by atoms with E-state index in [4.69, 9.17) is 9.15 Å². The maximum Gasteiger partial charge on any atom is 0.374 e. The molecule has 0 bridgehead atoms. The number of hydrogen-bond donors (Lipinski definition) is 1. The molecule has 4 nitrogen and oxygen atoms in total. The second-order valence-electron chi connectivity index (χ2n) is 5.15. The fraction of sp³-hybridized carbons (Fsp3) is 0.167. The molecule has 1 N–H and O–H groups in total. The van der Waals surface area contributed by atoms with Gasteiger partial charge in [-0.1, -0.05) is 15.9 Å². The van der Waals surface area contributed by atoms with Crippen molar-refractivity contribution in [3.8, 4) is 0 Å². The average Bonchev–Trinajstić information content (AvgIpc) is 2.91. The van der Waals surface area contributed by atoms with Crippen molar-refractivity contribution in [2.75, 3.05) is 11.3 Å². The van der Waals surface area contributed by atoms with Gasteiger partial charge >= 0.3 is 5.97 Å². The molecule has 3 rings (SSSR count). The Morgan fingerprint density at radius 1 is 1.25 bits per heavy atom. The lowest BCUT2D eigenvalue weighted by Gasteiger charge is -2.05. The molecule has 124 valence electrons. The Balaban J connectivity index is 1.81. The van der Waals surface area contributed by atoms with Gasteiger partial charge in [-0.25, -0.2) is 4.79 Å². The van der Waals surface area contributed by atoms with Gasteiger partial charge in [0.25, 0.3) is 0 Å². The number of aryl methyl sites for hydroxylation is 1. The Kier molecular flexibility index (Phi) is 5.16. The highest BCUT2D eigenvalue weighted by Gasteiger charge is 2.18. The Bertz CT molecular complexity index is 874. The van der Waals surface area contributed by atoms with E-state index in [9.17, 15) is 4.79 Å². The number of anilines is 1. The van der Waals surface area contributed by atoms with Crippen LogP contribution >= 0.6 is 27.9 Å².